The van der Waals surface area contributed by atoms with Crippen LogP contribution in [0, 0.1) is 6.92 Å². The first-order valence-electron chi connectivity index (χ1n) is 9.86. The van der Waals surface area contributed by atoms with Gasteiger partial charge in [-0.1, -0.05) is 12.1 Å². The van der Waals surface area contributed by atoms with Crippen LogP contribution in [0.15, 0.2) is 29.3 Å². The molecule has 2 N–H and O–H groups in total. The normalized spacial score (nSPS) is 25.2. The molecule has 2 saturated heterocycles. The van der Waals surface area contributed by atoms with Gasteiger partial charge in [0.1, 0.15) is 5.82 Å². The Morgan fingerprint density at radius 3 is 3.00 bits per heavy atom. The van der Waals surface area contributed by atoms with E-state index in [1.54, 1.807) is 0 Å². The van der Waals surface area contributed by atoms with Gasteiger partial charge in [0.15, 0.2) is 5.96 Å². The van der Waals surface area contributed by atoms with Crippen LogP contribution in [0.3, 0.4) is 0 Å². The van der Waals surface area contributed by atoms with E-state index in [4.69, 9.17) is 9.73 Å². The number of imidazole rings is 1. The lowest BCUT2D eigenvalue weighted by Crippen LogP contribution is -2.47. The number of rotatable bonds is 6. The Kier molecular flexibility index (Phi) is 5.11. The third-order valence-electron chi connectivity index (χ3n) is 5.43. The highest BCUT2D eigenvalue weighted by Crippen LogP contribution is 2.34. The maximum Gasteiger partial charge on any atom is 0.191 e. The van der Waals surface area contributed by atoms with Gasteiger partial charge in [0.2, 0.25) is 0 Å². The van der Waals surface area contributed by atoms with Crippen LogP contribution >= 0.6 is 0 Å². The van der Waals surface area contributed by atoms with Gasteiger partial charge in [-0.15, -0.1) is 0 Å². The van der Waals surface area contributed by atoms with Crippen molar-refractivity contribution in [3.8, 4) is 0 Å². The standard InChI is InChI=1S/C20H29N5O/c1-3-21-20(24-17-13-15-9-10-19(17)26-15)22-11-6-12-25-14(2)23-16-7-4-5-8-18(16)25/h4-5,7-8,15,17,19H,3,6,9-13H2,1-2H3,(H2,21,22,24). The number of aliphatic imine (C=N–C) groups is 1. The van der Waals surface area contributed by atoms with Gasteiger partial charge in [0.25, 0.3) is 0 Å². The molecule has 6 nitrogen and oxygen atoms in total. The maximum atomic E-state index is 5.94. The monoisotopic (exact) mass is 355 g/mol. The minimum atomic E-state index is 0.365. The third-order valence-corrected chi connectivity index (χ3v) is 5.43. The molecule has 0 spiro atoms. The van der Waals surface area contributed by atoms with Crippen molar-refractivity contribution in [3.63, 3.8) is 0 Å². The Bertz CT molecular complexity index is 784. The van der Waals surface area contributed by atoms with Gasteiger partial charge in [-0.3, -0.25) is 4.99 Å². The number of hydrogen-bond donors (Lipinski definition) is 2. The second kappa shape index (κ2) is 7.66. The van der Waals surface area contributed by atoms with Crippen molar-refractivity contribution in [1.29, 1.82) is 0 Å². The van der Waals surface area contributed by atoms with Crippen molar-refractivity contribution in [2.24, 2.45) is 4.99 Å². The number of guanidine groups is 1. The topological polar surface area (TPSA) is 63.5 Å². The zero-order valence-corrected chi connectivity index (χ0v) is 15.7. The quantitative estimate of drug-likeness (QED) is 0.475. The van der Waals surface area contributed by atoms with Gasteiger partial charge >= 0.3 is 0 Å². The first kappa shape index (κ1) is 17.3. The summed E-state index contributed by atoms with van der Waals surface area (Å²) in [6, 6.07) is 8.73. The predicted octanol–water partition coefficient (Wildman–Crippen LogP) is 2.61. The Morgan fingerprint density at radius 2 is 2.23 bits per heavy atom. The summed E-state index contributed by atoms with van der Waals surface area (Å²) in [4.78, 5) is 9.41. The van der Waals surface area contributed by atoms with E-state index in [9.17, 15) is 0 Å². The summed E-state index contributed by atoms with van der Waals surface area (Å²) in [6.45, 7) is 6.79. The number of nitrogens with one attached hydrogen (secondary N) is 2. The summed E-state index contributed by atoms with van der Waals surface area (Å²) in [6.07, 6.45) is 5.31. The Labute approximate surface area is 155 Å². The Morgan fingerprint density at radius 1 is 1.35 bits per heavy atom. The molecule has 140 valence electrons. The highest BCUT2D eigenvalue weighted by Gasteiger charge is 2.41. The average molecular weight is 355 g/mol. The summed E-state index contributed by atoms with van der Waals surface area (Å²) < 4.78 is 8.22. The van der Waals surface area contributed by atoms with Crippen molar-refractivity contribution in [3.05, 3.63) is 30.1 Å². The molecule has 4 rings (SSSR count). The van der Waals surface area contributed by atoms with Gasteiger partial charge in [-0.25, -0.2) is 4.98 Å². The van der Waals surface area contributed by atoms with Gasteiger partial charge in [-0.05, 0) is 51.7 Å². The van der Waals surface area contributed by atoms with Crippen LogP contribution in [-0.4, -0.2) is 46.8 Å². The highest BCUT2D eigenvalue weighted by atomic mass is 16.5. The van der Waals surface area contributed by atoms with Crippen molar-refractivity contribution < 1.29 is 4.74 Å². The van der Waals surface area contributed by atoms with E-state index in [1.807, 2.05) is 6.07 Å². The summed E-state index contributed by atoms with van der Waals surface area (Å²) in [5.74, 6) is 1.99. The smallest absolute Gasteiger partial charge is 0.191 e. The first-order chi connectivity index (χ1) is 12.7. The van der Waals surface area contributed by atoms with E-state index in [2.05, 4.69) is 52.2 Å². The second-order valence-corrected chi connectivity index (χ2v) is 7.27. The van der Waals surface area contributed by atoms with Crippen molar-refractivity contribution in [2.45, 2.75) is 64.3 Å². The lowest BCUT2D eigenvalue weighted by atomic mass is 9.96. The van der Waals surface area contributed by atoms with Gasteiger partial charge in [-0.2, -0.15) is 0 Å². The third kappa shape index (κ3) is 3.56. The number of benzene rings is 1. The summed E-state index contributed by atoms with van der Waals surface area (Å²) in [5, 5.41) is 6.95. The lowest BCUT2D eigenvalue weighted by Gasteiger charge is -2.22. The fourth-order valence-corrected chi connectivity index (χ4v) is 4.18. The molecule has 2 aliphatic rings. The number of ether oxygens (including phenoxy) is 1. The molecular weight excluding hydrogens is 326 g/mol. The summed E-state index contributed by atoms with van der Waals surface area (Å²) in [5.41, 5.74) is 2.28. The fraction of sp³-hybridized carbons (Fsp3) is 0.600. The molecule has 0 saturated carbocycles. The van der Waals surface area contributed by atoms with E-state index in [1.165, 1.54) is 18.4 Å². The molecule has 26 heavy (non-hydrogen) atoms. The molecule has 2 fully saturated rings. The largest absolute Gasteiger partial charge is 0.373 e. The average Bonchev–Trinajstić information content (AvgIpc) is 3.33. The molecule has 3 heterocycles. The SMILES string of the molecule is CCNC(=NCCCn1c(C)nc2ccccc21)NC1CC2CCC1O2. The molecule has 1 aromatic carbocycles. The molecule has 2 bridgehead atoms. The molecule has 0 radical (unpaired) electrons. The Hall–Kier alpha value is -2.08. The molecule has 1 aromatic heterocycles. The van der Waals surface area contributed by atoms with E-state index in [0.29, 0.717) is 18.2 Å². The van der Waals surface area contributed by atoms with Gasteiger partial charge in [0, 0.05) is 19.6 Å². The highest BCUT2D eigenvalue weighted by molar-refractivity contribution is 5.80. The summed E-state index contributed by atoms with van der Waals surface area (Å²) >= 11 is 0. The van der Waals surface area contributed by atoms with E-state index >= 15 is 0 Å². The molecule has 2 aromatic rings. The molecule has 6 heteroatoms. The van der Waals surface area contributed by atoms with Crippen LogP contribution in [0.4, 0.5) is 0 Å². The zero-order valence-electron chi connectivity index (χ0n) is 15.7. The van der Waals surface area contributed by atoms with Crippen LogP contribution in [-0.2, 0) is 11.3 Å². The van der Waals surface area contributed by atoms with E-state index < -0.39 is 0 Å². The number of aromatic nitrogens is 2. The van der Waals surface area contributed by atoms with Crippen LogP contribution in [0.5, 0.6) is 0 Å². The second-order valence-electron chi connectivity index (χ2n) is 7.27. The minimum absolute atomic E-state index is 0.365. The summed E-state index contributed by atoms with van der Waals surface area (Å²) in [7, 11) is 0. The van der Waals surface area contributed by atoms with Gasteiger partial charge in [0.05, 0.1) is 29.3 Å². The number of hydrogen-bond acceptors (Lipinski definition) is 3. The van der Waals surface area contributed by atoms with E-state index in [-0.39, 0.29) is 0 Å². The van der Waals surface area contributed by atoms with E-state index in [0.717, 1.165) is 49.8 Å². The van der Waals surface area contributed by atoms with Crippen molar-refractivity contribution >= 4 is 17.0 Å². The molecule has 3 atom stereocenters. The van der Waals surface area contributed by atoms with Crippen LogP contribution < -0.4 is 10.6 Å². The maximum absolute atomic E-state index is 5.94. The van der Waals surface area contributed by atoms with Crippen molar-refractivity contribution in [2.75, 3.05) is 13.1 Å². The van der Waals surface area contributed by atoms with Gasteiger partial charge < -0.3 is 19.9 Å². The molecule has 0 aliphatic carbocycles. The predicted molar refractivity (Wildman–Crippen MR) is 105 cm³/mol. The Balaban J connectivity index is 1.34. The lowest BCUT2D eigenvalue weighted by molar-refractivity contribution is 0.0992. The van der Waals surface area contributed by atoms with Crippen LogP contribution in [0.2, 0.25) is 0 Å². The van der Waals surface area contributed by atoms with Crippen molar-refractivity contribution in [1.82, 2.24) is 20.2 Å². The molecule has 3 unspecified atom stereocenters. The number of fused-ring (bicyclic) bond motifs is 3. The zero-order chi connectivity index (χ0) is 17.9. The van der Waals surface area contributed by atoms with Crippen LogP contribution in [0.1, 0.15) is 38.4 Å². The molecule has 0 amide bonds. The fourth-order valence-electron chi connectivity index (χ4n) is 4.18. The molecule has 2 aliphatic heterocycles. The minimum Gasteiger partial charge on any atom is -0.373 e. The van der Waals surface area contributed by atoms with Crippen LogP contribution in [0.25, 0.3) is 11.0 Å². The first-order valence-corrected chi connectivity index (χ1v) is 9.86. The number of para-hydroxylation sites is 2. The number of nitrogens with zero attached hydrogens (tertiary/aromatic N) is 3. The molecular formula is C20H29N5O. The number of aryl methyl sites for hydroxylation is 2.